The van der Waals surface area contributed by atoms with Gasteiger partial charge in [0.2, 0.25) is 0 Å². The standard InChI is InChI=1S/C9H17NO2/c1-6(2)7-4-3-5-8(7)12-9(10)11/h6-8H,3-5H2,1-2H3,(H2,10,11)/t7-,8-/m0/s1. The number of primary amides is 1. The van der Waals surface area contributed by atoms with Crippen molar-refractivity contribution in [3.63, 3.8) is 0 Å². The highest BCUT2D eigenvalue weighted by molar-refractivity contribution is 5.64. The van der Waals surface area contributed by atoms with Crippen molar-refractivity contribution in [1.82, 2.24) is 0 Å². The Hall–Kier alpha value is -0.730. The van der Waals surface area contributed by atoms with Gasteiger partial charge in [-0.15, -0.1) is 0 Å². The van der Waals surface area contributed by atoms with Crippen molar-refractivity contribution in [3.05, 3.63) is 0 Å². The summed E-state index contributed by atoms with van der Waals surface area (Å²) in [5.74, 6) is 1.09. The summed E-state index contributed by atoms with van der Waals surface area (Å²) in [4.78, 5) is 10.5. The lowest BCUT2D eigenvalue weighted by Gasteiger charge is -2.21. The fourth-order valence-corrected chi connectivity index (χ4v) is 2.01. The van der Waals surface area contributed by atoms with Gasteiger partial charge in [-0.2, -0.15) is 0 Å². The summed E-state index contributed by atoms with van der Waals surface area (Å²) < 4.78 is 5.02. The Morgan fingerprint density at radius 3 is 2.67 bits per heavy atom. The molecule has 0 aliphatic heterocycles. The maximum atomic E-state index is 10.5. The highest BCUT2D eigenvalue weighted by Gasteiger charge is 2.31. The molecule has 70 valence electrons. The monoisotopic (exact) mass is 171 g/mol. The third-order valence-corrected chi connectivity index (χ3v) is 2.63. The maximum absolute atomic E-state index is 10.5. The van der Waals surface area contributed by atoms with Gasteiger partial charge in [0.15, 0.2) is 0 Å². The minimum atomic E-state index is -0.632. The third-order valence-electron chi connectivity index (χ3n) is 2.63. The SMILES string of the molecule is CC(C)[C@@H]1CCC[C@@H]1OC(N)=O. The lowest BCUT2D eigenvalue weighted by atomic mass is 9.92. The van der Waals surface area contributed by atoms with Crippen LogP contribution < -0.4 is 5.73 Å². The quantitative estimate of drug-likeness (QED) is 0.690. The van der Waals surface area contributed by atoms with Crippen molar-refractivity contribution in [2.75, 3.05) is 0 Å². The molecule has 0 bridgehead atoms. The van der Waals surface area contributed by atoms with Gasteiger partial charge in [-0.05, 0) is 31.1 Å². The molecular formula is C9H17NO2. The number of hydrogen-bond donors (Lipinski definition) is 1. The van der Waals surface area contributed by atoms with Crippen molar-refractivity contribution in [1.29, 1.82) is 0 Å². The minimum Gasteiger partial charge on any atom is -0.446 e. The molecule has 1 aliphatic carbocycles. The van der Waals surface area contributed by atoms with E-state index in [0.717, 1.165) is 19.3 Å². The lowest BCUT2D eigenvalue weighted by molar-refractivity contribution is 0.0693. The lowest BCUT2D eigenvalue weighted by Crippen LogP contribution is -2.28. The van der Waals surface area contributed by atoms with E-state index >= 15 is 0 Å². The molecule has 3 nitrogen and oxygen atoms in total. The van der Waals surface area contributed by atoms with E-state index in [0.29, 0.717) is 11.8 Å². The Morgan fingerprint density at radius 1 is 1.50 bits per heavy atom. The summed E-state index contributed by atoms with van der Waals surface area (Å²) in [6, 6.07) is 0. The Balaban J connectivity index is 2.46. The van der Waals surface area contributed by atoms with Crippen LogP contribution in [0.1, 0.15) is 33.1 Å². The van der Waals surface area contributed by atoms with Crippen molar-refractivity contribution in [2.24, 2.45) is 17.6 Å². The Bertz CT molecular complexity index is 168. The molecule has 0 radical (unpaired) electrons. The first-order valence-electron chi connectivity index (χ1n) is 4.57. The van der Waals surface area contributed by atoms with Crippen LogP contribution >= 0.6 is 0 Å². The van der Waals surface area contributed by atoms with E-state index in [4.69, 9.17) is 10.5 Å². The Kier molecular flexibility index (Phi) is 2.95. The van der Waals surface area contributed by atoms with E-state index in [2.05, 4.69) is 13.8 Å². The molecule has 2 N–H and O–H groups in total. The second kappa shape index (κ2) is 3.78. The molecule has 1 fully saturated rings. The van der Waals surface area contributed by atoms with Crippen LogP contribution in [-0.2, 0) is 4.74 Å². The van der Waals surface area contributed by atoms with Gasteiger partial charge in [-0.3, -0.25) is 0 Å². The smallest absolute Gasteiger partial charge is 0.404 e. The van der Waals surface area contributed by atoms with E-state index in [-0.39, 0.29) is 6.10 Å². The van der Waals surface area contributed by atoms with Gasteiger partial charge < -0.3 is 10.5 Å². The molecule has 1 rings (SSSR count). The van der Waals surface area contributed by atoms with Gasteiger partial charge in [0.05, 0.1) is 0 Å². The van der Waals surface area contributed by atoms with E-state index in [1.54, 1.807) is 0 Å². The van der Waals surface area contributed by atoms with Gasteiger partial charge in [-0.1, -0.05) is 13.8 Å². The summed E-state index contributed by atoms with van der Waals surface area (Å²) in [7, 11) is 0. The number of amides is 1. The molecule has 0 heterocycles. The van der Waals surface area contributed by atoms with Crippen LogP contribution in [0.3, 0.4) is 0 Å². The minimum absolute atomic E-state index is 0.0718. The number of carbonyl (C=O) groups is 1. The normalized spacial score (nSPS) is 29.2. The van der Waals surface area contributed by atoms with Crippen LogP contribution in [0.2, 0.25) is 0 Å². The molecule has 0 aromatic rings. The van der Waals surface area contributed by atoms with Crippen molar-refractivity contribution in [3.8, 4) is 0 Å². The zero-order valence-corrected chi connectivity index (χ0v) is 7.75. The van der Waals surface area contributed by atoms with Gasteiger partial charge in [0.1, 0.15) is 6.10 Å². The molecule has 1 amide bonds. The van der Waals surface area contributed by atoms with E-state index < -0.39 is 6.09 Å². The maximum Gasteiger partial charge on any atom is 0.404 e. The predicted molar refractivity (Wildman–Crippen MR) is 46.6 cm³/mol. The summed E-state index contributed by atoms with van der Waals surface area (Å²) in [5, 5.41) is 0. The average molecular weight is 171 g/mol. The molecule has 0 unspecified atom stereocenters. The number of rotatable bonds is 2. The van der Waals surface area contributed by atoms with Crippen LogP contribution in [0.5, 0.6) is 0 Å². The largest absolute Gasteiger partial charge is 0.446 e. The van der Waals surface area contributed by atoms with E-state index in [1.165, 1.54) is 0 Å². The van der Waals surface area contributed by atoms with Gasteiger partial charge in [-0.25, -0.2) is 4.79 Å². The molecule has 1 saturated carbocycles. The molecule has 0 aromatic heterocycles. The van der Waals surface area contributed by atoms with Crippen molar-refractivity contribution >= 4 is 6.09 Å². The number of ether oxygens (including phenoxy) is 1. The first-order valence-corrected chi connectivity index (χ1v) is 4.57. The average Bonchev–Trinajstić information content (AvgIpc) is 2.33. The number of nitrogens with two attached hydrogens (primary N) is 1. The molecule has 1 aliphatic rings. The first kappa shape index (κ1) is 9.36. The van der Waals surface area contributed by atoms with Crippen LogP contribution in [0, 0.1) is 11.8 Å². The Morgan fingerprint density at radius 2 is 2.17 bits per heavy atom. The predicted octanol–water partition coefficient (Wildman–Crippen LogP) is 1.91. The highest BCUT2D eigenvalue weighted by Crippen LogP contribution is 2.33. The van der Waals surface area contributed by atoms with Gasteiger partial charge >= 0.3 is 6.09 Å². The second-order valence-electron chi connectivity index (χ2n) is 3.81. The Labute approximate surface area is 73.3 Å². The molecule has 0 saturated heterocycles. The van der Waals surface area contributed by atoms with Crippen LogP contribution in [0.15, 0.2) is 0 Å². The zero-order valence-electron chi connectivity index (χ0n) is 7.75. The van der Waals surface area contributed by atoms with Gasteiger partial charge in [0.25, 0.3) is 0 Å². The molecule has 3 heteroatoms. The van der Waals surface area contributed by atoms with Crippen molar-refractivity contribution in [2.45, 2.75) is 39.2 Å². The highest BCUT2D eigenvalue weighted by atomic mass is 16.6. The summed E-state index contributed by atoms with van der Waals surface area (Å²) in [5.41, 5.74) is 4.97. The van der Waals surface area contributed by atoms with Crippen LogP contribution in [0.25, 0.3) is 0 Å². The molecular weight excluding hydrogens is 154 g/mol. The molecule has 12 heavy (non-hydrogen) atoms. The zero-order chi connectivity index (χ0) is 9.14. The van der Waals surface area contributed by atoms with E-state index in [1.807, 2.05) is 0 Å². The van der Waals surface area contributed by atoms with Gasteiger partial charge in [0, 0.05) is 0 Å². The fourth-order valence-electron chi connectivity index (χ4n) is 2.01. The number of carbonyl (C=O) groups excluding carboxylic acids is 1. The summed E-state index contributed by atoms with van der Waals surface area (Å²) in [6.07, 6.45) is 2.73. The molecule has 0 spiro atoms. The molecule has 2 atom stereocenters. The number of hydrogen-bond acceptors (Lipinski definition) is 2. The second-order valence-corrected chi connectivity index (χ2v) is 3.81. The van der Waals surface area contributed by atoms with Crippen LogP contribution in [0.4, 0.5) is 4.79 Å². The van der Waals surface area contributed by atoms with Crippen LogP contribution in [-0.4, -0.2) is 12.2 Å². The molecule has 0 aromatic carbocycles. The fraction of sp³-hybridized carbons (Fsp3) is 0.889. The topological polar surface area (TPSA) is 52.3 Å². The summed E-state index contributed by atoms with van der Waals surface area (Å²) in [6.45, 7) is 4.32. The van der Waals surface area contributed by atoms with Crippen molar-refractivity contribution < 1.29 is 9.53 Å². The third kappa shape index (κ3) is 2.13. The first-order chi connectivity index (χ1) is 5.61. The summed E-state index contributed by atoms with van der Waals surface area (Å²) >= 11 is 0. The van der Waals surface area contributed by atoms with E-state index in [9.17, 15) is 4.79 Å².